The van der Waals surface area contributed by atoms with E-state index in [4.69, 9.17) is 14.2 Å². The number of hydrogen-bond donors (Lipinski definition) is 2. The van der Waals surface area contributed by atoms with Gasteiger partial charge < -0.3 is 24.4 Å². The third-order valence-electron chi connectivity index (χ3n) is 5.31. The SMILES string of the molecule is CC(NC(=O)C(NS(=O)(=O)c1ccc2c(c1)OCCCO2)C(C)C)C(=O)N1CCOCC1. The fourth-order valence-corrected chi connectivity index (χ4v) is 4.82. The monoisotopic (exact) mass is 469 g/mol. The number of nitrogens with one attached hydrogen (secondary N) is 2. The van der Waals surface area contributed by atoms with Crippen LogP contribution in [0.3, 0.4) is 0 Å². The van der Waals surface area contributed by atoms with Crippen LogP contribution in [-0.2, 0) is 24.3 Å². The topological polar surface area (TPSA) is 123 Å². The van der Waals surface area contributed by atoms with E-state index in [1.54, 1.807) is 31.7 Å². The van der Waals surface area contributed by atoms with Crippen molar-refractivity contribution in [3.63, 3.8) is 0 Å². The molecule has 2 heterocycles. The van der Waals surface area contributed by atoms with Crippen molar-refractivity contribution in [2.75, 3.05) is 39.5 Å². The molecular formula is C21H31N3O7S. The van der Waals surface area contributed by atoms with Gasteiger partial charge in [0.05, 0.1) is 31.3 Å². The third-order valence-corrected chi connectivity index (χ3v) is 6.75. The van der Waals surface area contributed by atoms with Crippen LogP contribution in [-0.4, -0.2) is 76.7 Å². The summed E-state index contributed by atoms with van der Waals surface area (Å²) in [6, 6.07) is 2.50. The number of fused-ring (bicyclic) bond motifs is 1. The quantitative estimate of drug-likeness (QED) is 0.597. The molecule has 2 atom stereocenters. The Labute approximate surface area is 188 Å². The summed E-state index contributed by atoms with van der Waals surface area (Å²) in [6.07, 6.45) is 0.700. The van der Waals surface area contributed by atoms with Gasteiger partial charge in [-0.05, 0) is 25.0 Å². The van der Waals surface area contributed by atoms with E-state index in [9.17, 15) is 18.0 Å². The van der Waals surface area contributed by atoms with Crippen LogP contribution in [0.5, 0.6) is 11.5 Å². The molecule has 0 saturated carbocycles. The number of rotatable bonds is 7. The van der Waals surface area contributed by atoms with Gasteiger partial charge in [0.1, 0.15) is 12.1 Å². The van der Waals surface area contributed by atoms with Crippen LogP contribution in [0.2, 0.25) is 0 Å². The molecule has 2 aliphatic rings. The van der Waals surface area contributed by atoms with Crippen LogP contribution in [0.15, 0.2) is 23.1 Å². The maximum absolute atomic E-state index is 13.0. The van der Waals surface area contributed by atoms with Crippen molar-refractivity contribution in [3.05, 3.63) is 18.2 Å². The highest BCUT2D eigenvalue weighted by molar-refractivity contribution is 7.89. The minimum atomic E-state index is -4.03. The van der Waals surface area contributed by atoms with Crippen molar-refractivity contribution in [2.45, 2.75) is 44.2 Å². The molecule has 2 N–H and O–H groups in total. The molecule has 0 radical (unpaired) electrons. The highest BCUT2D eigenvalue weighted by Crippen LogP contribution is 2.32. The normalized spacial score (nSPS) is 18.6. The molecule has 3 rings (SSSR count). The Hall–Kier alpha value is -2.37. The predicted molar refractivity (Wildman–Crippen MR) is 116 cm³/mol. The minimum absolute atomic E-state index is 0.0300. The van der Waals surface area contributed by atoms with E-state index < -0.39 is 28.0 Å². The Morgan fingerprint density at radius 2 is 1.66 bits per heavy atom. The number of sulfonamides is 1. The van der Waals surface area contributed by atoms with Crippen LogP contribution >= 0.6 is 0 Å². The lowest BCUT2D eigenvalue weighted by molar-refractivity contribution is -0.139. The lowest BCUT2D eigenvalue weighted by Gasteiger charge is -2.30. The summed E-state index contributed by atoms with van der Waals surface area (Å²) in [6.45, 7) is 7.81. The number of nitrogens with zero attached hydrogens (tertiary/aromatic N) is 1. The number of morpholine rings is 1. The maximum Gasteiger partial charge on any atom is 0.245 e. The molecule has 0 aromatic heterocycles. The Morgan fingerprint density at radius 3 is 2.31 bits per heavy atom. The number of carbonyl (C=O) groups excluding carboxylic acids is 2. The fourth-order valence-electron chi connectivity index (χ4n) is 3.46. The van der Waals surface area contributed by atoms with E-state index >= 15 is 0 Å². The van der Waals surface area contributed by atoms with Crippen molar-refractivity contribution in [3.8, 4) is 11.5 Å². The maximum atomic E-state index is 13.0. The van der Waals surface area contributed by atoms with Crippen LogP contribution < -0.4 is 19.5 Å². The highest BCUT2D eigenvalue weighted by atomic mass is 32.2. The summed E-state index contributed by atoms with van der Waals surface area (Å²) >= 11 is 0. The van der Waals surface area contributed by atoms with Crippen molar-refractivity contribution < 1.29 is 32.2 Å². The molecule has 2 amide bonds. The second-order valence-electron chi connectivity index (χ2n) is 8.17. The molecule has 32 heavy (non-hydrogen) atoms. The molecular weight excluding hydrogens is 438 g/mol. The second-order valence-corrected chi connectivity index (χ2v) is 9.88. The Balaban J connectivity index is 1.70. The minimum Gasteiger partial charge on any atom is -0.490 e. The summed E-state index contributed by atoms with van der Waals surface area (Å²) in [5.74, 6) is -0.312. The number of benzene rings is 1. The fraction of sp³-hybridized carbons (Fsp3) is 0.619. The van der Waals surface area contributed by atoms with Crippen LogP contribution in [0.4, 0.5) is 0 Å². The van der Waals surface area contributed by atoms with Crippen LogP contribution in [0.25, 0.3) is 0 Å². The predicted octanol–water partition coefficient (Wildman–Crippen LogP) is 0.514. The van der Waals surface area contributed by atoms with E-state index in [2.05, 4.69) is 10.0 Å². The average Bonchev–Trinajstić information content (AvgIpc) is 3.02. The van der Waals surface area contributed by atoms with Gasteiger partial charge in [0.2, 0.25) is 21.8 Å². The molecule has 11 heteroatoms. The van der Waals surface area contributed by atoms with Gasteiger partial charge in [0, 0.05) is 25.6 Å². The van der Waals surface area contributed by atoms with Gasteiger partial charge in [0.25, 0.3) is 0 Å². The zero-order chi connectivity index (χ0) is 23.3. The molecule has 1 aromatic rings. The lowest BCUT2D eigenvalue weighted by atomic mass is 10.0. The highest BCUT2D eigenvalue weighted by Gasteiger charge is 2.32. The molecule has 1 aromatic carbocycles. The summed E-state index contributed by atoms with van der Waals surface area (Å²) in [5, 5.41) is 2.65. The van der Waals surface area contributed by atoms with Gasteiger partial charge in [-0.25, -0.2) is 8.42 Å². The molecule has 0 aliphatic carbocycles. The standard InChI is InChI=1S/C21H31N3O7S/c1-14(2)19(20(25)22-15(3)21(26)24-7-11-29-12-8-24)23-32(27,28)16-5-6-17-18(13-16)31-10-4-9-30-17/h5-6,13-15,19,23H,4,7-12H2,1-3H3,(H,22,25). The molecule has 1 fully saturated rings. The van der Waals surface area contributed by atoms with Gasteiger partial charge in [-0.15, -0.1) is 0 Å². The Kier molecular flexibility index (Phi) is 7.96. The van der Waals surface area contributed by atoms with Crippen molar-refractivity contribution >= 4 is 21.8 Å². The van der Waals surface area contributed by atoms with Crippen molar-refractivity contribution in [1.29, 1.82) is 0 Å². The molecule has 2 unspecified atom stereocenters. The van der Waals surface area contributed by atoms with Gasteiger partial charge in [-0.2, -0.15) is 4.72 Å². The lowest BCUT2D eigenvalue weighted by Crippen LogP contribution is -2.56. The second kappa shape index (κ2) is 10.5. The Bertz CT molecular complexity index is 929. The van der Waals surface area contributed by atoms with E-state index in [1.807, 2.05) is 0 Å². The molecule has 10 nitrogen and oxygen atoms in total. The largest absolute Gasteiger partial charge is 0.490 e. The van der Waals surface area contributed by atoms with E-state index in [1.165, 1.54) is 12.1 Å². The number of hydrogen-bond acceptors (Lipinski definition) is 7. The van der Waals surface area contributed by atoms with Crippen molar-refractivity contribution in [2.24, 2.45) is 5.92 Å². The van der Waals surface area contributed by atoms with E-state index in [-0.39, 0.29) is 16.7 Å². The first-order valence-electron chi connectivity index (χ1n) is 10.8. The summed E-state index contributed by atoms with van der Waals surface area (Å²) in [7, 11) is -4.03. The third kappa shape index (κ3) is 5.90. The molecule has 0 spiro atoms. The molecule has 178 valence electrons. The van der Waals surface area contributed by atoms with E-state index in [0.717, 1.165) is 0 Å². The van der Waals surface area contributed by atoms with Gasteiger partial charge in [-0.1, -0.05) is 13.8 Å². The number of carbonyl (C=O) groups is 2. The zero-order valence-electron chi connectivity index (χ0n) is 18.6. The van der Waals surface area contributed by atoms with Gasteiger partial charge in [0.15, 0.2) is 11.5 Å². The summed E-state index contributed by atoms with van der Waals surface area (Å²) in [5.41, 5.74) is 0. The van der Waals surface area contributed by atoms with Gasteiger partial charge >= 0.3 is 0 Å². The summed E-state index contributed by atoms with van der Waals surface area (Å²) < 4.78 is 44.9. The number of amides is 2. The zero-order valence-corrected chi connectivity index (χ0v) is 19.4. The number of ether oxygens (including phenoxy) is 3. The van der Waals surface area contributed by atoms with Gasteiger partial charge in [-0.3, -0.25) is 9.59 Å². The first kappa shape index (κ1) is 24.3. The average molecular weight is 470 g/mol. The smallest absolute Gasteiger partial charge is 0.245 e. The van der Waals surface area contributed by atoms with Crippen LogP contribution in [0.1, 0.15) is 27.2 Å². The van der Waals surface area contributed by atoms with E-state index in [0.29, 0.717) is 57.4 Å². The molecule has 2 aliphatic heterocycles. The molecule has 0 bridgehead atoms. The molecule has 1 saturated heterocycles. The van der Waals surface area contributed by atoms with Crippen LogP contribution in [0, 0.1) is 5.92 Å². The van der Waals surface area contributed by atoms with Crippen molar-refractivity contribution in [1.82, 2.24) is 14.9 Å². The first-order chi connectivity index (χ1) is 15.2. The first-order valence-corrected chi connectivity index (χ1v) is 12.3. The Morgan fingerprint density at radius 1 is 1.00 bits per heavy atom. The summed E-state index contributed by atoms with van der Waals surface area (Å²) in [4.78, 5) is 27.1.